The Morgan fingerprint density at radius 2 is 1.18 bits per heavy atom. The molecule has 2 atom stereocenters. The van der Waals surface area contributed by atoms with Crippen LogP contribution < -0.4 is 38.7 Å². The van der Waals surface area contributed by atoms with Crippen LogP contribution in [0.3, 0.4) is 0 Å². The zero-order valence-corrected chi connectivity index (χ0v) is 22.8. The van der Waals surface area contributed by atoms with Gasteiger partial charge in [-0.25, -0.2) is 5.43 Å². The molecule has 0 heterocycles. The molecule has 0 rings (SSSR count). The van der Waals surface area contributed by atoms with Crippen molar-refractivity contribution >= 4 is 29.6 Å². The Bertz CT molecular complexity index is 745. The first-order valence-corrected chi connectivity index (χ1v) is 13.0. The van der Waals surface area contributed by atoms with Gasteiger partial charge in [0.2, 0.25) is 23.6 Å². The van der Waals surface area contributed by atoms with Gasteiger partial charge in [-0.15, -0.1) is 0 Å². The van der Waals surface area contributed by atoms with Gasteiger partial charge in [0.05, 0.1) is 45.7 Å². The zero-order chi connectivity index (χ0) is 30.0. The number of unbranched alkanes of at least 4 members (excludes halogenated alkanes) is 1. The molecule has 0 fully saturated rings. The number of amides is 4. The number of hydrogen-bond acceptors (Lipinski definition) is 12. The molecule has 0 saturated carbocycles. The van der Waals surface area contributed by atoms with Gasteiger partial charge in [0.25, 0.3) is 0 Å². The molecule has 40 heavy (non-hydrogen) atoms. The van der Waals surface area contributed by atoms with Crippen LogP contribution in [0.1, 0.15) is 32.1 Å². The first kappa shape index (κ1) is 37.1. The van der Waals surface area contributed by atoms with Crippen LogP contribution in [0.4, 0.5) is 0 Å². The number of aliphatic carboxylic acids is 1. The van der Waals surface area contributed by atoms with Crippen molar-refractivity contribution in [3.63, 3.8) is 0 Å². The smallest absolute Gasteiger partial charge is 0.320 e. The average Bonchev–Trinajstić information content (AvgIpc) is 2.91. The molecule has 17 nitrogen and oxygen atoms in total. The number of carboxylic acid groups (broad SMARTS) is 1. The topological polar surface area (TPSA) is 269 Å². The molecule has 11 N–H and O–H groups in total. The standard InChI is InChI=1S/C23H45N7O10/c24-17(23(35)36)4-5-19(31)28-7-9-37-11-14-40-16-21(33)29-8-10-38-12-13-39-15-20(32)27-6-2-1-3-18(30-26)22(25)34/h17-18,30H,1-16,24,26H2,(H2,25,34)(H,27,32)(H,28,31)(H,29,33)(H,35,36)/t17-,18-/m0/s1. The Morgan fingerprint density at radius 3 is 1.68 bits per heavy atom. The maximum absolute atomic E-state index is 11.7. The van der Waals surface area contributed by atoms with Crippen molar-refractivity contribution in [3.05, 3.63) is 0 Å². The van der Waals surface area contributed by atoms with Gasteiger partial charge in [-0.1, -0.05) is 0 Å². The molecule has 17 heteroatoms. The van der Waals surface area contributed by atoms with E-state index in [-0.39, 0.29) is 96.5 Å². The van der Waals surface area contributed by atoms with E-state index in [1.807, 2.05) is 0 Å². The molecule has 0 spiro atoms. The summed E-state index contributed by atoms with van der Waals surface area (Å²) in [6.45, 7) is 2.15. The van der Waals surface area contributed by atoms with E-state index in [2.05, 4.69) is 21.4 Å². The second-order valence-electron chi connectivity index (χ2n) is 8.48. The number of hydrogen-bond donors (Lipinski definition) is 8. The van der Waals surface area contributed by atoms with E-state index in [1.165, 1.54) is 0 Å². The number of hydrazine groups is 1. The molecule has 4 amide bonds. The van der Waals surface area contributed by atoms with E-state index in [4.69, 9.17) is 41.4 Å². The van der Waals surface area contributed by atoms with Gasteiger partial charge in [0, 0.05) is 26.1 Å². The van der Waals surface area contributed by atoms with Crippen molar-refractivity contribution in [2.24, 2.45) is 17.3 Å². The van der Waals surface area contributed by atoms with E-state index >= 15 is 0 Å². The third-order valence-electron chi connectivity index (χ3n) is 5.13. The predicted octanol–water partition coefficient (Wildman–Crippen LogP) is -3.92. The third-order valence-corrected chi connectivity index (χ3v) is 5.13. The van der Waals surface area contributed by atoms with Crippen LogP contribution in [-0.2, 0) is 42.9 Å². The lowest BCUT2D eigenvalue weighted by Gasteiger charge is -2.11. The van der Waals surface area contributed by atoms with E-state index in [9.17, 15) is 24.0 Å². The number of rotatable bonds is 27. The minimum atomic E-state index is -1.15. The number of primary amides is 1. The van der Waals surface area contributed by atoms with E-state index in [1.54, 1.807) is 0 Å². The number of nitrogens with one attached hydrogen (secondary N) is 4. The Kier molecular flexibility index (Phi) is 23.2. The van der Waals surface area contributed by atoms with Crippen LogP contribution in [0.2, 0.25) is 0 Å². The molecular formula is C23H45N7O10. The monoisotopic (exact) mass is 579 g/mol. The van der Waals surface area contributed by atoms with Crippen molar-refractivity contribution in [1.82, 2.24) is 21.4 Å². The summed E-state index contributed by atoms with van der Waals surface area (Å²) < 4.78 is 21.0. The van der Waals surface area contributed by atoms with Crippen molar-refractivity contribution in [3.8, 4) is 0 Å². The fraction of sp³-hybridized carbons (Fsp3) is 0.783. The Morgan fingerprint density at radius 1 is 0.675 bits per heavy atom. The predicted molar refractivity (Wildman–Crippen MR) is 141 cm³/mol. The highest BCUT2D eigenvalue weighted by Gasteiger charge is 2.13. The lowest BCUT2D eigenvalue weighted by Crippen LogP contribution is -2.45. The molecular weight excluding hydrogens is 534 g/mol. The lowest BCUT2D eigenvalue weighted by atomic mass is 10.1. The highest BCUT2D eigenvalue weighted by molar-refractivity contribution is 5.80. The minimum Gasteiger partial charge on any atom is -0.480 e. The average molecular weight is 580 g/mol. The maximum atomic E-state index is 11.7. The molecule has 0 aliphatic heterocycles. The second-order valence-corrected chi connectivity index (χ2v) is 8.48. The van der Waals surface area contributed by atoms with E-state index < -0.39 is 24.0 Å². The van der Waals surface area contributed by atoms with Crippen molar-refractivity contribution in [2.75, 3.05) is 72.5 Å². The summed E-state index contributed by atoms with van der Waals surface area (Å²) in [6.07, 6.45) is 1.90. The molecule has 0 saturated heterocycles. The highest BCUT2D eigenvalue weighted by atomic mass is 16.5. The van der Waals surface area contributed by atoms with Crippen LogP contribution in [0, 0.1) is 0 Å². The SMILES string of the molecule is NN[C@@H](CCCCNC(=O)COCCOCCNC(=O)COCCOCCNC(=O)CC[C@H](N)C(=O)O)C(N)=O. The van der Waals surface area contributed by atoms with Crippen LogP contribution in [-0.4, -0.2) is 119 Å². The summed E-state index contributed by atoms with van der Waals surface area (Å²) >= 11 is 0. The molecule has 0 aromatic rings. The highest BCUT2D eigenvalue weighted by Crippen LogP contribution is 1.99. The number of carbonyl (C=O) groups is 5. The zero-order valence-electron chi connectivity index (χ0n) is 22.8. The molecule has 0 aromatic carbocycles. The molecule has 0 aromatic heterocycles. The van der Waals surface area contributed by atoms with Gasteiger partial charge < -0.3 is 51.5 Å². The number of ether oxygens (including phenoxy) is 4. The van der Waals surface area contributed by atoms with Crippen LogP contribution in [0.25, 0.3) is 0 Å². The molecule has 0 aliphatic carbocycles. The van der Waals surface area contributed by atoms with Crippen LogP contribution >= 0.6 is 0 Å². The summed E-state index contributed by atoms with van der Waals surface area (Å²) in [5.41, 5.74) is 12.8. The fourth-order valence-electron chi connectivity index (χ4n) is 2.90. The largest absolute Gasteiger partial charge is 0.480 e. The van der Waals surface area contributed by atoms with Crippen molar-refractivity contribution < 1.29 is 48.0 Å². The van der Waals surface area contributed by atoms with Crippen molar-refractivity contribution in [2.45, 2.75) is 44.2 Å². The van der Waals surface area contributed by atoms with Gasteiger partial charge in [0.15, 0.2) is 0 Å². The molecule has 0 aliphatic rings. The summed E-state index contributed by atoms with van der Waals surface area (Å²) in [5, 5.41) is 16.6. The van der Waals surface area contributed by atoms with Gasteiger partial charge in [-0.05, 0) is 25.7 Å². The Hall–Kier alpha value is -2.93. The Balaban J connectivity index is 3.44. The van der Waals surface area contributed by atoms with Gasteiger partial charge >= 0.3 is 5.97 Å². The number of carbonyl (C=O) groups excluding carboxylic acids is 4. The molecule has 0 bridgehead atoms. The summed E-state index contributed by atoms with van der Waals surface area (Å²) in [6, 6.07) is -1.65. The van der Waals surface area contributed by atoms with Crippen LogP contribution in [0.5, 0.6) is 0 Å². The van der Waals surface area contributed by atoms with Gasteiger partial charge in [-0.3, -0.25) is 29.8 Å². The number of carboxylic acids is 1. The fourth-order valence-corrected chi connectivity index (χ4v) is 2.90. The van der Waals surface area contributed by atoms with Gasteiger partial charge in [-0.2, -0.15) is 0 Å². The first-order chi connectivity index (χ1) is 19.2. The van der Waals surface area contributed by atoms with Gasteiger partial charge in [0.1, 0.15) is 19.3 Å². The van der Waals surface area contributed by atoms with Crippen LogP contribution in [0.15, 0.2) is 0 Å². The lowest BCUT2D eigenvalue weighted by molar-refractivity contribution is -0.138. The molecule has 232 valence electrons. The molecule has 0 radical (unpaired) electrons. The number of nitrogens with two attached hydrogens (primary N) is 3. The van der Waals surface area contributed by atoms with E-state index in [0.717, 1.165) is 0 Å². The summed E-state index contributed by atoms with van der Waals surface area (Å²) in [7, 11) is 0. The van der Waals surface area contributed by atoms with Crippen molar-refractivity contribution in [1.29, 1.82) is 0 Å². The van der Waals surface area contributed by atoms with E-state index in [0.29, 0.717) is 25.8 Å². The normalized spacial score (nSPS) is 12.3. The third kappa shape index (κ3) is 23.0. The molecule has 0 unspecified atom stereocenters. The minimum absolute atomic E-state index is 0.0162. The maximum Gasteiger partial charge on any atom is 0.320 e. The first-order valence-electron chi connectivity index (χ1n) is 13.0. The summed E-state index contributed by atoms with van der Waals surface area (Å²) in [4.78, 5) is 56.5. The Labute approximate surface area is 233 Å². The summed E-state index contributed by atoms with van der Waals surface area (Å²) in [5.74, 6) is 2.67. The second kappa shape index (κ2) is 25.1. The quantitative estimate of drug-likeness (QED) is 0.0263.